The molecular formula is C26H22Cl2N2O4. The summed E-state index contributed by atoms with van der Waals surface area (Å²) in [4.78, 5) is 27.2. The minimum absolute atomic E-state index is 0.117. The van der Waals surface area contributed by atoms with Crippen molar-refractivity contribution >= 4 is 35.0 Å². The minimum atomic E-state index is -0.509. The van der Waals surface area contributed by atoms with E-state index in [-0.39, 0.29) is 18.6 Å². The Kier molecular flexibility index (Phi) is 6.08. The Balaban J connectivity index is 1.57. The van der Waals surface area contributed by atoms with Gasteiger partial charge in [0.25, 0.3) is 5.91 Å². The normalized spacial score (nSPS) is 16.8. The lowest BCUT2D eigenvalue weighted by atomic mass is 9.93. The van der Waals surface area contributed by atoms with Gasteiger partial charge < -0.3 is 20.5 Å². The molecule has 5 rings (SSSR count). The first kappa shape index (κ1) is 22.9. The fourth-order valence-corrected chi connectivity index (χ4v) is 4.96. The fourth-order valence-electron chi connectivity index (χ4n) is 4.67. The van der Waals surface area contributed by atoms with E-state index in [0.717, 1.165) is 33.4 Å². The predicted molar refractivity (Wildman–Crippen MR) is 131 cm³/mol. The summed E-state index contributed by atoms with van der Waals surface area (Å²) in [7, 11) is 0. The van der Waals surface area contributed by atoms with Gasteiger partial charge in [0.15, 0.2) is 0 Å². The summed E-state index contributed by atoms with van der Waals surface area (Å²) in [5.74, 6) is -0.626. The van der Waals surface area contributed by atoms with Crippen LogP contribution in [0, 0.1) is 0 Å². The molecule has 1 saturated heterocycles. The summed E-state index contributed by atoms with van der Waals surface area (Å²) < 4.78 is 5.47. The van der Waals surface area contributed by atoms with Crippen LogP contribution in [0.3, 0.4) is 0 Å². The Morgan fingerprint density at radius 3 is 2.59 bits per heavy atom. The number of rotatable bonds is 4. The molecule has 8 heteroatoms. The number of carbonyl (C=O) groups is 2. The van der Waals surface area contributed by atoms with Gasteiger partial charge in [0.1, 0.15) is 0 Å². The molecule has 6 nitrogen and oxygen atoms in total. The zero-order valence-corrected chi connectivity index (χ0v) is 19.7. The summed E-state index contributed by atoms with van der Waals surface area (Å²) in [6, 6.07) is 14.7. The van der Waals surface area contributed by atoms with Crippen molar-refractivity contribution < 1.29 is 19.4 Å². The van der Waals surface area contributed by atoms with Gasteiger partial charge in [0.05, 0.1) is 29.4 Å². The maximum atomic E-state index is 13.2. The minimum Gasteiger partial charge on any atom is -0.394 e. The number of ether oxygens (including phenoxy) is 1. The second-order valence-electron chi connectivity index (χ2n) is 8.52. The quantitative estimate of drug-likeness (QED) is 0.443. The van der Waals surface area contributed by atoms with Crippen LogP contribution in [0.2, 0.25) is 10.0 Å². The van der Waals surface area contributed by atoms with E-state index in [1.54, 1.807) is 29.2 Å². The highest BCUT2D eigenvalue weighted by Gasteiger charge is 2.28. The maximum absolute atomic E-state index is 13.2. The molecule has 0 saturated carbocycles. The van der Waals surface area contributed by atoms with Crippen molar-refractivity contribution in [3.63, 3.8) is 0 Å². The number of aliphatic hydroxyl groups is 1. The van der Waals surface area contributed by atoms with E-state index >= 15 is 0 Å². The Morgan fingerprint density at radius 1 is 1.03 bits per heavy atom. The van der Waals surface area contributed by atoms with Gasteiger partial charge in [-0.2, -0.15) is 0 Å². The molecule has 0 aromatic heterocycles. The molecule has 3 N–H and O–H groups in total. The molecule has 1 aliphatic heterocycles. The van der Waals surface area contributed by atoms with E-state index < -0.39 is 5.91 Å². The van der Waals surface area contributed by atoms with Crippen LogP contribution < -0.4 is 5.73 Å². The molecule has 1 unspecified atom stereocenters. The third-order valence-electron chi connectivity index (χ3n) is 6.41. The van der Waals surface area contributed by atoms with Gasteiger partial charge in [-0.1, -0.05) is 35.3 Å². The molecule has 2 aliphatic rings. The number of hydrogen-bond acceptors (Lipinski definition) is 4. The van der Waals surface area contributed by atoms with E-state index in [2.05, 4.69) is 0 Å². The number of amides is 2. The van der Waals surface area contributed by atoms with E-state index in [0.29, 0.717) is 47.3 Å². The van der Waals surface area contributed by atoms with Gasteiger partial charge in [-0.05, 0) is 76.2 Å². The van der Waals surface area contributed by atoms with E-state index in [4.69, 9.17) is 33.7 Å². The molecule has 1 aliphatic carbocycles. The number of fused-ring (bicyclic) bond motifs is 3. The van der Waals surface area contributed by atoms with Gasteiger partial charge in [-0.15, -0.1) is 0 Å². The number of hydrogen-bond donors (Lipinski definition) is 2. The smallest absolute Gasteiger partial charge is 0.254 e. The Labute approximate surface area is 206 Å². The topological polar surface area (TPSA) is 92.9 Å². The van der Waals surface area contributed by atoms with Crippen molar-refractivity contribution in [3.8, 4) is 22.3 Å². The Morgan fingerprint density at radius 2 is 1.85 bits per heavy atom. The van der Waals surface area contributed by atoms with Crippen molar-refractivity contribution in [3.05, 3.63) is 80.8 Å². The van der Waals surface area contributed by atoms with Crippen LogP contribution in [0.1, 0.15) is 31.8 Å². The number of carbonyl (C=O) groups excluding carboxylic acids is 2. The van der Waals surface area contributed by atoms with Crippen molar-refractivity contribution in [1.29, 1.82) is 0 Å². The number of aliphatic hydroxyl groups excluding tert-OH is 1. The molecule has 1 fully saturated rings. The summed E-state index contributed by atoms with van der Waals surface area (Å²) in [6.45, 7) is 1.07. The van der Waals surface area contributed by atoms with Crippen molar-refractivity contribution in [2.75, 3.05) is 26.3 Å². The molecule has 0 radical (unpaired) electrons. The summed E-state index contributed by atoms with van der Waals surface area (Å²) >= 11 is 12.3. The van der Waals surface area contributed by atoms with Crippen LogP contribution in [0.25, 0.3) is 22.3 Å². The molecule has 2 amide bonds. The lowest BCUT2D eigenvalue weighted by molar-refractivity contribution is -0.0447. The number of morpholine rings is 1. The number of halogens is 2. The van der Waals surface area contributed by atoms with E-state index in [9.17, 15) is 14.7 Å². The Hall–Kier alpha value is -2.90. The molecule has 1 atom stereocenters. The third-order valence-corrected chi connectivity index (χ3v) is 7.15. The molecule has 174 valence electrons. The highest BCUT2D eigenvalue weighted by atomic mass is 35.5. The second kappa shape index (κ2) is 9.04. The average molecular weight is 497 g/mol. The highest BCUT2D eigenvalue weighted by Crippen LogP contribution is 2.42. The number of nitrogens with zero attached hydrogens (tertiary/aromatic N) is 1. The standard InChI is InChI=1S/C26H22Cl2N2O4/c27-23-4-3-14(11-24(23)28)17-9-20-19-8-16(26(33)30-5-6-34-18(12-30)13-31)2-1-15(19)7-21(20)22(10-17)25(29)32/h1-4,8-11,18,31H,5-7,12-13H2,(H2,29,32). The summed E-state index contributed by atoms with van der Waals surface area (Å²) in [5.41, 5.74) is 12.0. The lowest BCUT2D eigenvalue weighted by Gasteiger charge is -2.32. The zero-order valence-electron chi connectivity index (χ0n) is 18.2. The third kappa shape index (κ3) is 4.07. The monoisotopic (exact) mass is 496 g/mol. The molecule has 3 aromatic rings. The van der Waals surface area contributed by atoms with Crippen LogP contribution in [0.5, 0.6) is 0 Å². The van der Waals surface area contributed by atoms with E-state index in [1.807, 2.05) is 24.3 Å². The number of primary amides is 1. The highest BCUT2D eigenvalue weighted by molar-refractivity contribution is 6.42. The molecule has 0 spiro atoms. The number of benzene rings is 3. The maximum Gasteiger partial charge on any atom is 0.254 e. The SMILES string of the molecule is NC(=O)c1cc(-c2ccc(Cl)c(Cl)c2)cc2c1Cc1ccc(C(=O)N3CCOC(CO)C3)cc1-2. The van der Waals surface area contributed by atoms with Crippen LogP contribution in [0.15, 0.2) is 48.5 Å². The van der Waals surface area contributed by atoms with Crippen LogP contribution in [-0.4, -0.2) is 54.2 Å². The predicted octanol–water partition coefficient (Wildman–Crippen LogP) is 4.16. The summed E-state index contributed by atoms with van der Waals surface area (Å²) in [6.07, 6.45) is 0.183. The Bertz CT molecular complexity index is 1320. The van der Waals surface area contributed by atoms with Crippen molar-refractivity contribution in [2.24, 2.45) is 5.73 Å². The first-order chi connectivity index (χ1) is 16.4. The van der Waals surface area contributed by atoms with Gasteiger partial charge >= 0.3 is 0 Å². The summed E-state index contributed by atoms with van der Waals surface area (Å²) in [5, 5.41) is 10.3. The van der Waals surface area contributed by atoms with Gasteiger partial charge in [-0.3, -0.25) is 9.59 Å². The molecule has 1 heterocycles. The molecule has 0 bridgehead atoms. The van der Waals surface area contributed by atoms with Gasteiger partial charge in [0, 0.05) is 24.2 Å². The van der Waals surface area contributed by atoms with E-state index in [1.165, 1.54) is 0 Å². The second-order valence-corrected chi connectivity index (χ2v) is 9.33. The first-order valence-electron chi connectivity index (χ1n) is 10.9. The van der Waals surface area contributed by atoms with Gasteiger partial charge in [0.2, 0.25) is 5.91 Å². The largest absolute Gasteiger partial charge is 0.394 e. The lowest BCUT2D eigenvalue weighted by Crippen LogP contribution is -2.46. The van der Waals surface area contributed by atoms with Crippen LogP contribution >= 0.6 is 23.2 Å². The average Bonchev–Trinajstić information content (AvgIpc) is 3.22. The molecule has 34 heavy (non-hydrogen) atoms. The molecule has 3 aromatic carbocycles. The molecular weight excluding hydrogens is 475 g/mol. The number of nitrogens with two attached hydrogens (primary N) is 1. The van der Waals surface area contributed by atoms with Crippen LogP contribution in [0.4, 0.5) is 0 Å². The van der Waals surface area contributed by atoms with Crippen LogP contribution in [-0.2, 0) is 11.2 Å². The fraction of sp³-hybridized carbons (Fsp3) is 0.231. The van der Waals surface area contributed by atoms with Crippen molar-refractivity contribution in [2.45, 2.75) is 12.5 Å². The van der Waals surface area contributed by atoms with Crippen molar-refractivity contribution in [1.82, 2.24) is 4.90 Å². The first-order valence-corrected chi connectivity index (χ1v) is 11.7. The zero-order chi connectivity index (χ0) is 24.0. The van der Waals surface area contributed by atoms with Gasteiger partial charge in [-0.25, -0.2) is 0 Å².